The number of nitrogens with one attached hydrogen (secondary N) is 1. The molecule has 0 aromatic carbocycles. The Labute approximate surface area is 129 Å². The Balaban J connectivity index is 1.77. The van der Waals surface area contributed by atoms with Gasteiger partial charge in [0.05, 0.1) is 12.0 Å². The molecule has 0 atom stereocenters. The van der Waals surface area contributed by atoms with Gasteiger partial charge in [0.2, 0.25) is 11.8 Å². The molecule has 0 unspecified atom stereocenters. The number of halogens is 1. The van der Waals surface area contributed by atoms with Gasteiger partial charge in [-0.2, -0.15) is 0 Å². The van der Waals surface area contributed by atoms with Crippen molar-refractivity contribution in [2.24, 2.45) is 11.1 Å². The van der Waals surface area contributed by atoms with E-state index >= 15 is 0 Å². The van der Waals surface area contributed by atoms with E-state index in [0.717, 1.165) is 0 Å². The van der Waals surface area contributed by atoms with Crippen molar-refractivity contribution in [1.29, 1.82) is 0 Å². The van der Waals surface area contributed by atoms with Crippen LogP contribution in [0.15, 0.2) is 18.3 Å². The first kappa shape index (κ1) is 16.0. The number of pyridine rings is 1. The minimum absolute atomic E-state index is 0.0379. The van der Waals surface area contributed by atoms with Gasteiger partial charge in [0.15, 0.2) is 0 Å². The third-order valence-electron chi connectivity index (χ3n) is 3.67. The maximum atomic E-state index is 12.3. The van der Waals surface area contributed by atoms with Crippen LogP contribution in [0.2, 0.25) is 5.02 Å². The van der Waals surface area contributed by atoms with Crippen molar-refractivity contribution >= 4 is 17.5 Å². The average molecular weight is 314 g/mol. The summed E-state index contributed by atoms with van der Waals surface area (Å²) in [6.45, 7) is 2.17. The SMILES string of the molecule is NCC1(C(=O)NCCOc2ncccc2Cl)CCOCC1. The topological polar surface area (TPSA) is 86.5 Å². The maximum absolute atomic E-state index is 12.3. The van der Waals surface area contributed by atoms with Crippen molar-refractivity contribution in [2.75, 3.05) is 32.9 Å². The summed E-state index contributed by atoms with van der Waals surface area (Å²) in [6.07, 6.45) is 2.91. The Morgan fingerprint density at radius 1 is 1.52 bits per heavy atom. The number of aromatic nitrogens is 1. The van der Waals surface area contributed by atoms with Crippen LogP contribution in [0.1, 0.15) is 12.8 Å². The molecule has 116 valence electrons. The molecule has 1 amide bonds. The Morgan fingerprint density at radius 3 is 2.95 bits per heavy atom. The quantitative estimate of drug-likeness (QED) is 0.765. The van der Waals surface area contributed by atoms with E-state index in [9.17, 15) is 4.79 Å². The zero-order valence-electron chi connectivity index (χ0n) is 11.8. The number of ether oxygens (including phenoxy) is 2. The second-order valence-electron chi connectivity index (χ2n) is 4.99. The van der Waals surface area contributed by atoms with E-state index in [-0.39, 0.29) is 5.91 Å². The first-order chi connectivity index (χ1) is 10.2. The first-order valence-electron chi connectivity index (χ1n) is 6.97. The predicted molar refractivity (Wildman–Crippen MR) is 79.3 cm³/mol. The van der Waals surface area contributed by atoms with Gasteiger partial charge in [-0.15, -0.1) is 0 Å². The second-order valence-corrected chi connectivity index (χ2v) is 5.40. The van der Waals surface area contributed by atoms with Crippen molar-refractivity contribution in [3.8, 4) is 5.88 Å². The van der Waals surface area contributed by atoms with Crippen LogP contribution >= 0.6 is 11.6 Å². The number of carbonyl (C=O) groups excluding carboxylic acids is 1. The normalized spacial score (nSPS) is 17.2. The molecule has 3 N–H and O–H groups in total. The fourth-order valence-corrected chi connectivity index (χ4v) is 2.44. The summed E-state index contributed by atoms with van der Waals surface area (Å²) in [5, 5.41) is 3.31. The van der Waals surface area contributed by atoms with E-state index in [1.807, 2.05) is 0 Å². The third-order valence-corrected chi connectivity index (χ3v) is 3.96. The van der Waals surface area contributed by atoms with E-state index in [2.05, 4.69) is 10.3 Å². The van der Waals surface area contributed by atoms with E-state index < -0.39 is 5.41 Å². The summed E-state index contributed by atoms with van der Waals surface area (Å²) < 4.78 is 10.7. The summed E-state index contributed by atoms with van der Waals surface area (Å²) in [4.78, 5) is 16.3. The minimum Gasteiger partial charge on any atom is -0.475 e. The number of nitrogens with two attached hydrogens (primary N) is 1. The molecule has 1 aromatic rings. The van der Waals surface area contributed by atoms with Crippen molar-refractivity contribution in [2.45, 2.75) is 12.8 Å². The Hall–Kier alpha value is -1.37. The summed E-state index contributed by atoms with van der Waals surface area (Å²) in [6, 6.07) is 3.43. The van der Waals surface area contributed by atoms with Crippen LogP contribution in [0.4, 0.5) is 0 Å². The van der Waals surface area contributed by atoms with Gasteiger partial charge in [0, 0.05) is 26.0 Å². The van der Waals surface area contributed by atoms with Gasteiger partial charge in [-0.05, 0) is 25.0 Å². The van der Waals surface area contributed by atoms with Gasteiger partial charge in [-0.3, -0.25) is 4.79 Å². The van der Waals surface area contributed by atoms with E-state index in [1.54, 1.807) is 18.3 Å². The lowest BCUT2D eigenvalue weighted by molar-refractivity contribution is -0.136. The van der Waals surface area contributed by atoms with E-state index in [0.29, 0.717) is 56.7 Å². The highest BCUT2D eigenvalue weighted by molar-refractivity contribution is 6.31. The van der Waals surface area contributed by atoms with Crippen LogP contribution in [0.25, 0.3) is 0 Å². The molecule has 0 spiro atoms. The highest BCUT2D eigenvalue weighted by Crippen LogP contribution is 2.29. The fraction of sp³-hybridized carbons (Fsp3) is 0.571. The molecule has 1 aromatic heterocycles. The molecule has 0 bridgehead atoms. The zero-order valence-corrected chi connectivity index (χ0v) is 12.6. The lowest BCUT2D eigenvalue weighted by Crippen LogP contribution is -2.49. The average Bonchev–Trinajstić information content (AvgIpc) is 2.53. The highest BCUT2D eigenvalue weighted by atomic mass is 35.5. The van der Waals surface area contributed by atoms with Crippen LogP contribution in [0.3, 0.4) is 0 Å². The molecule has 7 heteroatoms. The van der Waals surface area contributed by atoms with Gasteiger partial charge in [-0.25, -0.2) is 4.98 Å². The largest absolute Gasteiger partial charge is 0.475 e. The van der Waals surface area contributed by atoms with Gasteiger partial charge < -0.3 is 20.5 Å². The van der Waals surface area contributed by atoms with Crippen LogP contribution in [0, 0.1) is 5.41 Å². The van der Waals surface area contributed by atoms with Crippen LogP contribution in [-0.2, 0) is 9.53 Å². The summed E-state index contributed by atoms with van der Waals surface area (Å²) in [7, 11) is 0. The number of rotatable bonds is 6. The molecular formula is C14H20ClN3O3. The summed E-state index contributed by atoms with van der Waals surface area (Å²) in [5.41, 5.74) is 5.27. The smallest absolute Gasteiger partial charge is 0.232 e. The molecule has 0 radical (unpaired) electrons. The summed E-state index contributed by atoms with van der Waals surface area (Å²) in [5.74, 6) is 0.331. The third kappa shape index (κ3) is 4.06. The molecule has 1 aliphatic rings. The molecule has 1 saturated heterocycles. The molecule has 0 saturated carbocycles. The molecule has 1 aliphatic heterocycles. The molecule has 6 nitrogen and oxygen atoms in total. The van der Waals surface area contributed by atoms with E-state index in [4.69, 9.17) is 26.8 Å². The fourth-order valence-electron chi connectivity index (χ4n) is 2.26. The highest BCUT2D eigenvalue weighted by Gasteiger charge is 2.38. The maximum Gasteiger partial charge on any atom is 0.232 e. The Kier molecular flexibility index (Phi) is 5.78. The lowest BCUT2D eigenvalue weighted by Gasteiger charge is -2.34. The van der Waals surface area contributed by atoms with Crippen LogP contribution in [-0.4, -0.2) is 43.8 Å². The molecule has 0 aliphatic carbocycles. The Bertz CT molecular complexity index is 478. The first-order valence-corrected chi connectivity index (χ1v) is 7.35. The van der Waals surface area contributed by atoms with Gasteiger partial charge in [0.1, 0.15) is 11.6 Å². The molecule has 2 rings (SSSR count). The van der Waals surface area contributed by atoms with E-state index in [1.165, 1.54) is 0 Å². The van der Waals surface area contributed by atoms with Gasteiger partial charge >= 0.3 is 0 Å². The molecule has 2 heterocycles. The molecule has 21 heavy (non-hydrogen) atoms. The number of amides is 1. The van der Waals surface area contributed by atoms with Gasteiger partial charge in [-0.1, -0.05) is 11.6 Å². The standard InChI is InChI=1S/C14H20ClN3O3/c15-11-2-1-5-17-12(11)21-9-6-18-13(19)14(10-16)3-7-20-8-4-14/h1-2,5H,3-4,6-10,16H2,(H,18,19). The van der Waals surface area contributed by atoms with Gasteiger partial charge in [0.25, 0.3) is 0 Å². The number of nitrogens with zero attached hydrogens (tertiary/aromatic N) is 1. The number of carbonyl (C=O) groups is 1. The minimum atomic E-state index is -0.513. The molecule has 1 fully saturated rings. The van der Waals surface area contributed by atoms with Crippen molar-refractivity contribution in [3.63, 3.8) is 0 Å². The number of hydrogen-bond donors (Lipinski definition) is 2. The lowest BCUT2D eigenvalue weighted by atomic mass is 9.79. The molecular weight excluding hydrogens is 294 g/mol. The summed E-state index contributed by atoms with van der Waals surface area (Å²) >= 11 is 5.93. The van der Waals surface area contributed by atoms with Crippen LogP contribution in [0.5, 0.6) is 5.88 Å². The van der Waals surface area contributed by atoms with Crippen molar-refractivity contribution in [3.05, 3.63) is 23.4 Å². The van der Waals surface area contributed by atoms with Crippen LogP contribution < -0.4 is 15.8 Å². The van der Waals surface area contributed by atoms with Crippen molar-refractivity contribution in [1.82, 2.24) is 10.3 Å². The zero-order chi connectivity index (χ0) is 15.1. The predicted octanol–water partition coefficient (Wildman–Crippen LogP) is 0.986. The monoisotopic (exact) mass is 313 g/mol. The Morgan fingerprint density at radius 2 is 2.29 bits per heavy atom. The van der Waals surface area contributed by atoms with Crippen molar-refractivity contribution < 1.29 is 14.3 Å². The number of hydrogen-bond acceptors (Lipinski definition) is 5. The second kappa shape index (κ2) is 7.59.